The maximum absolute atomic E-state index is 12.3. The number of H-pyrrole nitrogens is 1. The molecule has 1 atom stereocenters. The van der Waals surface area contributed by atoms with Crippen LogP contribution >= 0.6 is 15.9 Å². The van der Waals surface area contributed by atoms with Gasteiger partial charge in [-0.05, 0) is 49.7 Å². The van der Waals surface area contributed by atoms with E-state index in [2.05, 4.69) is 31.5 Å². The highest BCUT2D eigenvalue weighted by Gasteiger charge is 2.25. The van der Waals surface area contributed by atoms with Gasteiger partial charge in [-0.1, -0.05) is 18.2 Å². The summed E-state index contributed by atoms with van der Waals surface area (Å²) in [7, 11) is 0. The van der Waals surface area contributed by atoms with Gasteiger partial charge in [0.2, 0.25) is 0 Å². The summed E-state index contributed by atoms with van der Waals surface area (Å²) in [5.41, 5.74) is 0.488. The average molecular weight is 410 g/mol. The molecule has 0 saturated heterocycles. The summed E-state index contributed by atoms with van der Waals surface area (Å²) < 4.78 is 5.71. The molecule has 1 heterocycles. The number of ether oxygens (including phenoxy) is 1. The fourth-order valence-corrected chi connectivity index (χ4v) is 2.71. The lowest BCUT2D eigenvalue weighted by Gasteiger charge is -2.21. The Morgan fingerprint density at radius 3 is 2.44 bits per heavy atom. The Morgan fingerprint density at radius 1 is 1.20 bits per heavy atom. The minimum atomic E-state index is -1.13. The number of urea groups is 1. The second-order valence-corrected chi connectivity index (χ2v) is 7.39. The number of nitrogens with one attached hydrogen (secondary N) is 3. The molecule has 0 spiro atoms. The molecule has 134 valence electrons. The third kappa shape index (κ3) is 4.82. The van der Waals surface area contributed by atoms with Gasteiger partial charge in [0.25, 0.3) is 5.91 Å². The number of rotatable bonds is 3. The first-order valence-corrected chi connectivity index (χ1v) is 8.48. The number of amides is 3. The number of benzene rings is 1. The number of carbonyl (C=O) groups excluding carboxylic acids is 3. The maximum Gasteiger partial charge on any atom is 0.356 e. The molecule has 0 aliphatic rings. The zero-order chi connectivity index (χ0) is 18.8. The Bertz CT molecular complexity index is 823. The summed E-state index contributed by atoms with van der Waals surface area (Å²) >= 11 is 3.36. The molecule has 0 aliphatic carbocycles. The summed E-state index contributed by atoms with van der Waals surface area (Å²) in [5, 5.41) is 5.57. The standard InChI is InChI=1S/C17H20BrN3O4/c1-9(14(22)20-16(24)21-17(2,3)4)25-15(23)13-12(18)10-7-5-6-8-11(10)19-13/h5-9,19H,1-4H3,(H2,20,21,22,24). The first-order chi connectivity index (χ1) is 11.6. The summed E-state index contributed by atoms with van der Waals surface area (Å²) in [4.78, 5) is 38.9. The average Bonchev–Trinajstić information content (AvgIpc) is 2.83. The molecule has 0 bridgehead atoms. The van der Waals surface area contributed by atoms with Crippen LogP contribution in [0.4, 0.5) is 4.79 Å². The van der Waals surface area contributed by atoms with Crippen LogP contribution in [0.5, 0.6) is 0 Å². The molecule has 3 amide bonds. The summed E-state index contributed by atoms with van der Waals surface area (Å²) in [5.74, 6) is -1.40. The van der Waals surface area contributed by atoms with Gasteiger partial charge < -0.3 is 15.0 Å². The molecule has 3 N–H and O–H groups in total. The minimum Gasteiger partial charge on any atom is -0.448 e. The van der Waals surface area contributed by atoms with Crippen LogP contribution in [0.15, 0.2) is 28.7 Å². The van der Waals surface area contributed by atoms with E-state index in [1.165, 1.54) is 6.92 Å². The van der Waals surface area contributed by atoms with Crippen LogP contribution in [0.1, 0.15) is 38.2 Å². The van der Waals surface area contributed by atoms with Crippen molar-refractivity contribution < 1.29 is 19.1 Å². The van der Waals surface area contributed by atoms with Crippen LogP contribution in [0.3, 0.4) is 0 Å². The zero-order valence-corrected chi connectivity index (χ0v) is 16.0. The second-order valence-electron chi connectivity index (χ2n) is 6.60. The molecule has 1 aromatic carbocycles. The smallest absolute Gasteiger partial charge is 0.356 e. The van der Waals surface area contributed by atoms with Crippen molar-refractivity contribution in [2.24, 2.45) is 0 Å². The molecule has 0 fully saturated rings. The highest BCUT2D eigenvalue weighted by atomic mass is 79.9. The number of fused-ring (bicyclic) bond motifs is 1. The van der Waals surface area contributed by atoms with E-state index in [-0.39, 0.29) is 5.69 Å². The van der Waals surface area contributed by atoms with Crippen molar-refractivity contribution in [3.63, 3.8) is 0 Å². The molecular weight excluding hydrogens is 390 g/mol. The van der Waals surface area contributed by atoms with Crippen molar-refractivity contribution in [2.75, 3.05) is 0 Å². The molecule has 8 heteroatoms. The predicted octanol–water partition coefficient (Wildman–Crippen LogP) is 3.10. The quantitative estimate of drug-likeness (QED) is 0.677. The van der Waals surface area contributed by atoms with Crippen molar-refractivity contribution in [2.45, 2.75) is 39.3 Å². The summed E-state index contributed by atoms with van der Waals surface area (Å²) in [6, 6.07) is 6.71. The largest absolute Gasteiger partial charge is 0.448 e. The van der Waals surface area contributed by atoms with Gasteiger partial charge in [-0.3, -0.25) is 10.1 Å². The molecule has 0 saturated carbocycles. The Labute approximate surface area is 153 Å². The monoisotopic (exact) mass is 409 g/mol. The topological polar surface area (TPSA) is 100 Å². The molecular formula is C17H20BrN3O4. The van der Waals surface area contributed by atoms with Crippen molar-refractivity contribution in [3.8, 4) is 0 Å². The minimum absolute atomic E-state index is 0.208. The fraction of sp³-hybridized carbons (Fsp3) is 0.353. The van der Waals surface area contributed by atoms with Crippen LogP contribution in [0.25, 0.3) is 10.9 Å². The normalized spacial score (nSPS) is 12.5. The SMILES string of the molecule is CC(OC(=O)c1[nH]c2ccccc2c1Br)C(=O)NC(=O)NC(C)(C)C. The number of esters is 1. The van der Waals surface area contributed by atoms with E-state index in [4.69, 9.17) is 4.74 Å². The molecule has 25 heavy (non-hydrogen) atoms. The van der Waals surface area contributed by atoms with Gasteiger partial charge in [-0.15, -0.1) is 0 Å². The van der Waals surface area contributed by atoms with Gasteiger partial charge in [0.05, 0.1) is 4.47 Å². The highest BCUT2D eigenvalue weighted by Crippen LogP contribution is 2.28. The molecule has 0 aliphatic heterocycles. The Kier molecular flexibility index (Phi) is 5.52. The van der Waals surface area contributed by atoms with Crippen molar-refractivity contribution >= 4 is 44.7 Å². The molecule has 2 rings (SSSR count). The van der Waals surface area contributed by atoms with Crippen LogP contribution in [-0.2, 0) is 9.53 Å². The Morgan fingerprint density at radius 2 is 1.84 bits per heavy atom. The van der Waals surface area contributed by atoms with Crippen molar-refractivity contribution in [1.82, 2.24) is 15.6 Å². The van der Waals surface area contributed by atoms with Gasteiger partial charge in [0, 0.05) is 16.4 Å². The first kappa shape index (κ1) is 19.0. The number of hydrogen-bond acceptors (Lipinski definition) is 4. The molecule has 2 aromatic rings. The molecule has 7 nitrogen and oxygen atoms in total. The third-order valence-electron chi connectivity index (χ3n) is 3.23. The lowest BCUT2D eigenvalue weighted by molar-refractivity contribution is -0.127. The van der Waals surface area contributed by atoms with E-state index in [1.54, 1.807) is 20.8 Å². The van der Waals surface area contributed by atoms with E-state index in [9.17, 15) is 14.4 Å². The first-order valence-electron chi connectivity index (χ1n) is 7.68. The summed E-state index contributed by atoms with van der Waals surface area (Å²) in [6.07, 6.45) is -1.13. The highest BCUT2D eigenvalue weighted by molar-refractivity contribution is 9.10. The van der Waals surface area contributed by atoms with E-state index in [0.717, 1.165) is 10.9 Å². The van der Waals surface area contributed by atoms with Gasteiger partial charge in [0.15, 0.2) is 6.10 Å². The van der Waals surface area contributed by atoms with Crippen LogP contribution in [0.2, 0.25) is 0 Å². The van der Waals surface area contributed by atoms with E-state index in [0.29, 0.717) is 4.47 Å². The van der Waals surface area contributed by atoms with Crippen LogP contribution in [-0.4, -0.2) is 34.5 Å². The van der Waals surface area contributed by atoms with Crippen LogP contribution < -0.4 is 10.6 Å². The molecule has 0 radical (unpaired) electrons. The molecule has 1 unspecified atom stereocenters. The zero-order valence-electron chi connectivity index (χ0n) is 14.4. The number of carbonyl (C=O) groups is 3. The second kappa shape index (κ2) is 7.26. The van der Waals surface area contributed by atoms with Crippen LogP contribution in [0, 0.1) is 0 Å². The van der Waals surface area contributed by atoms with Gasteiger partial charge >= 0.3 is 12.0 Å². The third-order valence-corrected chi connectivity index (χ3v) is 4.05. The predicted molar refractivity (Wildman–Crippen MR) is 97.3 cm³/mol. The van der Waals surface area contributed by atoms with Gasteiger partial charge in [-0.25, -0.2) is 9.59 Å². The van der Waals surface area contributed by atoms with E-state index < -0.39 is 29.6 Å². The molecule has 1 aromatic heterocycles. The number of aromatic nitrogens is 1. The van der Waals surface area contributed by atoms with E-state index in [1.807, 2.05) is 24.3 Å². The number of imide groups is 1. The Hall–Kier alpha value is -2.35. The number of para-hydroxylation sites is 1. The lowest BCUT2D eigenvalue weighted by Crippen LogP contribution is -2.50. The Balaban J connectivity index is 2.02. The lowest BCUT2D eigenvalue weighted by atomic mass is 10.1. The fourth-order valence-electron chi connectivity index (χ4n) is 2.11. The number of aromatic amines is 1. The number of hydrogen-bond donors (Lipinski definition) is 3. The maximum atomic E-state index is 12.3. The van der Waals surface area contributed by atoms with Gasteiger partial charge in [0.1, 0.15) is 5.69 Å². The number of halogens is 1. The van der Waals surface area contributed by atoms with E-state index >= 15 is 0 Å². The van der Waals surface area contributed by atoms with Crippen molar-refractivity contribution in [3.05, 3.63) is 34.4 Å². The van der Waals surface area contributed by atoms with Gasteiger partial charge in [-0.2, -0.15) is 0 Å². The summed E-state index contributed by atoms with van der Waals surface area (Å²) in [6.45, 7) is 6.75. The van der Waals surface area contributed by atoms with Crippen molar-refractivity contribution in [1.29, 1.82) is 0 Å².